The van der Waals surface area contributed by atoms with Gasteiger partial charge in [-0.05, 0) is 73.8 Å². The molecule has 0 saturated carbocycles. The summed E-state index contributed by atoms with van der Waals surface area (Å²) >= 11 is 1.42. The van der Waals surface area contributed by atoms with Crippen LogP contribution in [0.5, 0.6) is 0 Å². The fourth-order valence-electron chi connectivity index (χ4n) is 4.33. The molecule has 3 N–H and O–H groups in total. The average molecular weight is 617 g/mol. The number of aryl methyl sites for hydroxylation is 1. The lowest BCUT2D eigenvalue weighted by atomic mass is 10.0. The first kappa shape index (κ1) is 36.0. The Hall–Kier alpha value is -2.07. The Morgan fingerprint density at radius 1 is 1.00 bits per heavy atom. The summed E-state index contributed by atoms with van der Waals surface area (Å²) in [5, 5.41) is 17.2. The van der Waals surface area contributed by atoms with Crippen molar-refractivity contribution in [3.8, 4) is 0 Å². The van der Waals surface area contributed by atoms with E-state index in [-0.39, 0.29) is 43.7 Å². The van der Waals surface area contributed by atoms with Crippen molar-refractivity contribution in [2.24, 2.45) is 0 Å². The minimum absolute atomic E-state index is 0. The Labute approximate surface area is 253 Å². The van der Waals surface area contributed by atoms with Crippen molar-refractivity contribution >= 4 is 42.1 Å². The van der Waals surface area contributed by atoms with Crippen LogP contribution in [-0.2, 0) is 25.9 Å². The van der Waals surface area contributed by atoms with Gasteiger partial charge in [0.1, 0.15) is 11.6 Å². The summed E-state index contributed by atoms with van der Waals surface area (Å²) in [5.74, 6) is -1.69. The van der Waals surface area contributed by atoms with Crippen LogP contribution in [0.3, 0.4) is 0 Å². The molecule has 2 aromatic carbocycles. The Kier molecular flexibility index (Phi) is 16.5. The van der Waals surface area contributed by atoms with Gasteiger partial charge in [0, 0.05) is 30.6 Å². The summed E-state index contributed by atoms with van der Waals surface area (Å²) in [5.41, 5.74) is 2.70. The van der Waals surface area contributed by atoms with E-state index in [9.17, 15) is 18.7 Å². The highest BCUT2D eigenvalue weighted by Crippen LogP contribution is 2.19. The highest BCUT2D eigenvalue weighted by atomic mass is 35.5. The summed E-state index contributed by atoms with van der Waals surface area (Å²) in [7, 11) is 2.06. The van der Waals surface area contributed by atoms with Crippen molar-refractivity contribution in [2.75, 3.05) is 20.1 Å². The Morgan fingerprint density at radius 3 is 2.38 bits per heavy atom. The summed E-state index contributed by atoms with van der Waals surface area (Å²) in [6.45, 7) is 6.76. The number of hydrogen-bond acceptors (Lipinski definition) is 5. The van der Waals surface area contributed by atoms with Crippen molar-refractivity contribution in [3.05, 3.63) is 92.7 Å². The molecule has 0 aliphatic rings. The molecule has 3 rings (SSSR count). The largest absolute Gasteiger partial charge is 0.390 e. The van der Waals surface area contributed by atoms with Crippen LogP contribution in [-0.4, -0.2) is 48.2 Å². The molecule has 1 aromatic heterocycles. The van der Waals surface area contributed by atoms with Gasteiger partial charge in [0.15, 0.2) is 0 Å². The number of benzene rings is 2. The lowest BCUT2D eigenvalue weighted by Gasteiger charge is -2.25. The third-order valence-corrected chi connectivity index (χ3v) is 7.51. The van der Waals surface area contributed by atoms with E-state index < -0.39 is 23.8 Å². The monoisotopic (exact) mass is 615 g/mol. The highest BCUT2D eigenvalue weighted by molar-refractivity contribution is 7.14. The van der Waals surface area contributed by atoms with E-state index in [0.29, 0.717) is 17.0 Å². The third kappa shape index (κ3) is 11.8. The molecule has 2 atom stereocenters. The zero-order valence-electron chi connectivity index (χ0n) is 23.3. The number of unbranched alkanes of at least 4 members (excludes halogenated alkanes) is 1. The van der Waals surface area contributed by atoms with Gasteiger partial charge in [0.2, 0.25) is 0 Å². The van der Waals surface area contributed by atoms with Gasteiger partial charge in [0.25, 0.3) is 5.91 Å². The normalized spacial score (nSPS) is 12.4. The maximum Gasteiger partial charge on any atom is 0.261 e. The van der Waals surface area contributed by atoms with E-state index in [1.165, 1.54) is 29.0 Å². The minimum Gasteiger partial charge on any atom is -0.390 e. The first-order chi connectivity index (χ1) is 18.3. The number of thiophene rings is 1. The molecule has 1 heterocycles. The van der Waals surface area contributed by atoms with E-state index in [2.05, 4.69) is 48.6 Å². The zero-order chi connectivity index (χ0) is 27.5. The number of halogens is 4. The molecule has 0 radical (unpaired) electrons. The number of aliphatic hydroxyl groups is 1. The standard InChI is InChI=1S/C30H39F2N3O2S.2ClH/c1-4-6-12-35(3)20-26-10-11-29(38-26)30(37)34-27(16-23-14-24(31)17-25(32)15-23)28(36)19-33-18-22-9-7-8-21(5-2)13-22;;/h7-11,13-15,17,27-28,33,36H,4-6,12,16,18-20H2,1-3H3,(H,34,37);2*1H/t27-,28+;;/m0../s1. The van der Waals surface area contributed by atoms with E-state index in [1.54, 1.807) is 6.07 Å². The fourth-order valence-corrected chi connectivity index (χ4v) is 5.32. The molecule has 0 saturated heterocycles. The molecule has 10 heteroatoms. The van der Waals surface area contributed by atoms with Crippen molar-refractivity contribution in [1.29, 1.82) is 0 Å². The molecular weight excluding hydrogens is 575 g/mol. The fraction of sp³-hybridized carbons (Fsp3) is 0.433. The SMILES string of the molecule is CCCCN(C)Cc1ccc(C(=O)N[C@@H](Cc2cc(F)cc(F)c2)[C@H](O)CNCc2cccc(CC)c2)s1.Cl.Cl. The number of nitrogens with one attached hydrogen (secondary N) is 2. The highest BCUT2D eigenvalue weighted by Gasteiger charge is 2.24. The van der Waals surface area contributed by atoms with Crippen LogP contribution in [0.15, 0.2) is 54.6 Å². The lowest BCUT2D eigenvalue weighted by Crippen LogP contribution is -2.48. The zero-order valence-corrected chi connectivity index (χ0v) is 25.7. The molecule has 40 heavy (non-hydrogen) atoms. The predicted octanol–water partition coefficient (Wildman–Crippen LogP) is 6.16. The molecule has 5 nitrogen and oxygen atoms in total. The van der Waals surface area contributed by atoms with E-state index in [0.717, 1.165) is 48.9 Å². The molecule has 3 aromatic rings. The van der Waals surface area contributed by atoms with Crippen molar-refractivity contribution in [3.63, 3.8) is 0 Å². The average Bonchev–Trinajstić information content (AvgIpc) is 3.35. The van der Waals surface area contributed by atoms with E-state index in [4.69, 9.17) is 0 Å². The van der Waals surface area contributed by atoms with Gasteiger partial charge in [-0.3, -0.25) is 4.79 Å². The van der Waals surface area contributed by atoms with Gasteiger partial charge in [-0.25, -0.2) is 8.78 Å². The molecule has 0 aliphatic carbocycles. The van der Waals surface area contributed by atoms with Crippen LogP contribution >= 0.6 is 36.2 Å². The Balaban J connectivity index is 0.00000400. The summed E-state index contributed by atoms with van der Waals surface area (Å²) in [6.07, 6.45) is 2.30. The second-order valence-electron chi connectivity index (χ2n) is 9.79. The Morgan fingerprint density at radius 2 is 1.70 bits per heavy atom. The number of rotatable bonds is 15. The van der Waals surface area contributed by atoms with Gasteiger partial charge in [0.05, 0.1) is 17.0 Å². The van der Waals surface area contributed by atoms with Gasteiger partial charge < -0.3 is 20.6 Å². The maximum absolute atomic E-state index is 13.8. The first-order valence-electron chi connectivity index (χ1n) is 13.3. The number of hydrogen-bond donors (Lipinski definition) is 3. The van der Waals surface area contributed by atoms with Crippen molar-refractivity contribution < 1.29 is 18.7 Å². The first-order valence-corrected chi connectivity index (χ1v) is 14.1. The minimum atomic E-state index is -0.973. The second kappa shape index (κ2) is 18.4. The quantitative estimate of drug-likeness (QED) is 0.192. The molecular formula is C30H41Cl2F2N3O2S. The third-order valence-electron chi connectivity index (χ3n) is 6.45. The van der Waals surface area contributed by atoms with E-state index in [1.807, 2.05) is 18.2 Å². The topological polar surface area (TPSA) is 64.6 Å². The molecule has 1 amide bonds. The van der Waals surface area contributed by atoms with Crippen LogP contribution in [0.25, 0.3) is 0 Å². The smallest absolute Gasteiger partial charge is 0.261 e. The van der Waals surface area contributed by atoms with Gasteiger partial charge in [-0.2, -0.15) is 0 Å². The summed E-state index contributed by atoms with van der Waals surface area (Å²) in [4.78, 5) is 17.0. The van der Waals surface area contributed by atoms with Crippen LogP contribution < -0.4 is 10.6 Å². The molecule has 222 valence electrons. The molecule has 0 unspecified atom stereocenters. The second-order valence-corrected chi connectivity index (χ2v) is 11.0. The van der Waals surface area contributed by atoms with Crippen LogP contribution in [0, 0.1) is 11.6 Å². The number of carbonyl (C=O) groups is 1. The Bertz CT molecular complexity index is 1160. The van der Waals surface area contributed by atoms with Crippen LogP contribution in [0.1, 0.15) is 57.9 Å². The van der Waals surface area contributed by atoms with Crippen molar-refractivity contribution in [2.45, 2.75) is 64.8 Å². The molecule has 0 bridgehead atoms. The van der Waals surface area contributed by atoms with E-state index >= 15 is 0 Å². The summed E-state index contributed by atoms with van der Waals surface area (Å²) < 4.78 is 27.7. The van der Waals surface area contributed by atoms with Crippen LogP contribution in [0.4, 0.5) is 8.78 Å². The number of aliphatic hydroxyl groups excluding tert-OH is 1. The van der Waals surface area contributed by atoms with Gasteiger partial charge in [-0.1, -0.05) is 44.5 Å². The maximum atomic E-state index is 13.8. The van der Waals surface area contributed by atoms with Gasteiger partial charge in [-0.15, -0.1) is 36.2 Å². The predicted molar refractivity (Wildman–Crippen MR) is 165 cm³/mol. The van der Waals surface area contributed by atoms with Gasteiger partial charge >= 0.3 is 0 Å². The molecule has 0 spiro atoms. The number of amides is 1. The number of carbonyl (C=O) groups excluding carboxylic acids is 1. The number of nitrogens with zero attached hydrogens (tertiary/aromatic N) is 1. The van der Waals surface area contributed by atoms with Crippen LogP contribution in [0.2, 0.25) is 0 Å². The lowest BCUT2D eigenvalue weighted by molar-refractivity contribution is 0.0833. The van der Waals surface area contributed by atoms with Crippen molar-refractivity contribution in [1.82, 2.24) is 15.5 Å². The molecule has 0 fully saturated rings. The summed E-state index contributed by atoms with van der Waals surface area (Å²) in [6, 6.07) is 14.5. The molecule has 0 aliphatic heterocycles.